The zero-order valence-electron chi connectivity index (χ0n) is 8.24. The van der Waals surface area contributed by atoms with Gasteiger partial charge in [0.25, 0.3) is 0 Å². The molecule has 76 valence electrons. The Bertz CT molecular complexity index is 312. The number of hydrogen-bond donors (Lipinski definition) is 1. The van der Waals surface area contributed by atoms with Crippen LogP contribution >= 0.6 is 0 Å². The molecule has 0 amide bonds. The first-order valence-electron chi connectivity index (χ1n) is 4.34. The molecule has 1 N–H and O–H groups in total. The Morgan fingerprint density at radius 2 is 2.14 bits per heavy atom. The third-order valence-corrected chi connectivity index (χ3v) is 1.66. The van der Waals surface area contributed by atoms with Crippen LogP contribution in [0.2, 0.25) is 0 Å². The first-order valence-corrected chi connectivity index (χ1v) is 4.34. The van der Waals surface area contributed by atoms with Crippen molar-refractivity contribution in [3.63, 3.8) is 0 Å². The average molecular weight is 195 g/mol. The van der Waals surface area contributed by atoms with E-state index in [0.717, 1.165) is 0 Å². The van der Waals surface area contributed by atoms with Crippen LogP contribution in [-0.2, 0) is 9.57 Å². The second kappa shape index (κ2) is 5.24. The fraction of sp³-hybridized carbons (Fsp3) is 0.300. The lowest BCUT2D eigenvalue weighted by atomic mass is 10.2. The SMILES string of the molecule is CCONc1ccccc1C(=O)OC. The topological polar surface area (TPSA) is 47.6 Å². The van der Waals surface area contributed by atoms with Crippen molar-refractivity contribution in [3.8, 4) is 0 Å². The molecule has 0 radical (unpaired) electrons. The van der Waals surface area contributed by atoms with Crippen LogP contribution in [0.5, 0.6) is 0 Å². The van der Waals surface area contributed by atoms with Gasteiger partial charge >= 0.3 is 5.97 Å². The van der Waals surface area contributed by atoms with Gasteiger partial charge in [-0.1, -0.05) is 12.1 Å². The van der Waals surface area contributed by atoms with Crippen molar-refractivity contribution < 1.29 is 14.4 Å². The molecule has 4 nitrogen and oxygen atoms in total. The first-order chi connectivity index (χ1) is 6.79. The van der Waals surface area contributed by atoms with Crippen molar-refractivity contribution in [2.75, 3.05) is 19.2 Å². The number of para-hydroxylation sites is 1. The van der Waals surface area contributed by atoms with E-state index in [2.05, 4.69) is 10.2 Å². The van der Waals surface area contributed by atoms with Gasteiger partial charge in [-0.3, -0.25) is 10.3 Å². The summed E-state index contributed by atoms with van der Waals surface area (Å²) >= 11 is 0. The number of esters is 1. The maximum Gasteiger partial charge on any atom is 0.340 e. The molecule has 0 saturated heterocycles. The summed E-state index contributed by atoms with van der Waals surface area (Å²) in [6, 6.07) is 7.01. The molecule has 0 aromatic heterocycles. The Balaban J connectivity index is 2.85. The minimum atomic E-state index is -0.382. The molecule has 1 rings (SSSR count). The predicted octanol–water partition coefficient (Wildman–Crippen LogP) is 1.84. The normalized spacial score (nSPS) is 9.57. The Hall–Kier alpha value is -1.55. The van der Waals surface area contributed by atoms with Crippen LogP contribution in [0.3, 0.4) is 0 Å². The maximum atomic E-state index is 11.3. The summed E-state index contributed by atoms with van der Waals surface area (Å²) in [5.41, 5.74) is 3.75. The van der Waals surface area contributed by atoms with Crippen LogP contribution < -0.4 is 5.48 Å². The number of hydrogen-bond acceptors (Lipinski definition) is 4. The summed E-state index contributed by atoms with van der Waals surface area (Å²) in [5, 5.41) is 0. The summed E-state index contributed by atoms with van der Waals surface area (Å²) in [5.74, 6) is -0.382. The highest BCUT2D eigenvalue weighted by atomic mass is 16.6. The summed E-state index contributed by atoms with van der Waals surface area (Å²) < 4.78 is 4.62. The molecule has 1 aromatic rings. The summed E-state index contributed by atoms with van der Waals surface area (Å²) in [6.45, 7) is 2.38. The molecule has 0 fully saturated rings. The molecule has 0 atom stereocenters. The highest BCUT2D eigenvalue weighted by molar-refractivity contribution is 5.95. The zero-order chi connectivity index (χ0) is 10.4. The first kappa shape index (κ1) is 10.5. The van der Waals surface area contributed by atoms with Crippen LogP contribution in [-0.4, -0.2) is 19.7 Å². The van der Waals surface area contributed by atoms with Crippen molar-refractivity contribution in [1.82, 2.24) is 0 Å². The van der Waals surface area contributed by atoms with Gasteiger partial charge < -0.3 is 4.74 Å². The van der Waals surface area contributed by atoms with Gasteiger partial charge in [0.15, 0.2) is 0 Å². The molecule has 0 aliphatic carbocycles. The van der Waals surface area contributed by atoms with Gasteiger partial charge in [-0.15, -0.1) is 0 Å². The molecule has 1 aromatic carbocycles. The van der Waals surface area contributed by atoms with Gasteiger partial charge in [-0.05, 0) is 19.1 Å². The highest BCUT2D eigenvalue weighted by Gasteiger charge is 2.10. The van der Waals surface area contributed by atoms with Crippen molar-refractivity contribution in [1.29, 1.82) is 0 Å². The van der Waals surface area contributed by atoms with E-state index in [0.29, 0.717) is 17.9 Å². The van der Waals surface area contributed by atoms with E-state index < -0.39 is 0 Å². The van der Waals surface area contributed by atoms with E-state index >= 15 is 0 Å². The molecular formula is C10H13NO3. The lowest BCUT2D eigenvalue weighted by molar-refractivity contribution is 0.0600. The summed E-state index contributed by atoms with van der Waals surface area (Å²) in [4.78, 5) is 16.3. The number of benzene rings is 1. The third-order valence-electron chi connectivity index (χ3n) is 1.66. The lowest BCUT2D eigenvalue weighted by Crippen LogP contribution is -2.08. The summed E-state index contributed by atoms with van der Waals surface area (Å²) in [7, 11) is 1.35. The lowest BCUT2D eigenvalue weighted by Gasteiger charge is -2.08. The molecule has 0 saturated carbocycles. The summed E-state index contributed by atoms with van der Waals surface area (Å²) in [6.07, 6.45) is 0. The van der Waals surface area contributed by atoms with Crippen molar-refractivity contribution >= 4 is 11.7 Å². The quantitative estimate of drug-likeness (QED) is 0.588. The average Bonchev–Trinajstić information content (AvgIpc) is 2.25. The maximum absolute atomic E-state index is 11.3. The number of ether oxygens (including phenoxy) is 1. The minimum Gasteiger partial charge on any atom is -0.465 e. The minimum absolute atomic E-state index is 0.382. The number of nitrogens with one attached hydrogen (secondary N) is 1. The van der Waals surface area contributed by atoms with E-state index in [1.807, 2.05) is 13.0 Å². The predicted molar refractivity (Wildman–Crippen MR) is 53.0 cm³/mol. The molecule has 0 aliphatic heterocycles. The van der Waals surface area contributed by atoms with E-state index in [9.17, 15) is 4.79 Å². The second-order valence-corrected chi connectivity index (χ2v) is 2.57. The second-order valence-electron chi connectivity index (χ2n) is 2.57. The molecule has 0 unspecified atom stereocenters. The van der Waals surface area contributed by atoms with Gasteiger partial charge in [-0.25, -0.2) is 4.79 Å². The fourth-order valence-corrected chi connectivity index (χ4v) is 1.01. The number of methoxy groups -OCH3 is 1. The number of rotatable bonds is 4. The molecular weight excluding hydrogens is 182 g/mol. The smallest absolute Gasteiger partial charge is 0.340 e. The Labute approximate surface area is 82.8 Å². The van der Waals surface area contributed by atoms with E-state index in [4.69, 9.17) is 4.84 Å². The van der Waals surface area contributed by atoms with Crippen LogP contribution in [0.4, 0.5) is 5.69 Å². The molecule has 4 heteroatoms. The monoisotopic (exact) mass is 195 g/mol. The van der Waals surface area contributed by atoms with E-state index in [1.165, 1.54) is 7.11 Å². The molecule has 0 spiro atoms. The zero-order valence-corrected chi connectivity index (χ0v) is 8.24. The number of anilines is 1. The highest BCUT2D eigenvalue weighted by Crippen LogP contribution is 2.15. The van der Waals surface area contributed by atoms with E-state index in [1.54, 1.807) is 18.2 Å². The van der Waals surface area contributed by atoms with Crippen LogP contribution in [0.1, 0.15) is 17.3 Å². The Kier molecular flexibility index (Phi) is 3.94. The third kappa shape index (κ3) is 2.47. The molecule has 0 aliphatic rings. The van der Waals surface area contributed by atoms with Crippen molar-refractivity contribution in [2.24, 2.45) is 0 Å². The molecule has 14 heavy (non-hydrogen) atoms. The largest absolute Gasteiger partial charge is 0.465 e. The van der Waals surface area contributed by atoms with Gasteiger partial charge in [-0.2, -0.15) is 0 Å². The Morgan fingerprint density at radius 1 is 1.43 bits per heavy atom. The van der Waals surface area contributed by atoms with Crippen LogP contribution in [0, 0.1) is 0 Å². The fourth-order valence-electron chi connectivity index (χ4n) is 1.01. The van der Waals surface area contributed by atoms with Crippen LogP contribution in [0.25, 0.3) is 0 Å². The van der Waals surface area contributed by atoms with E-state index in [-0.39, 0.29) is 5.97 Å². The molecule has 0 bridgehead atoms. The Morgan fingerprint density at radius 3 is 2.79 bits per heavy atom. The number of carbonyl (C=O) groups is 1. The molecule has 0 heterocycles. The standard InChI is InChI=1S/C10H13NO3/c1-3-14-11-9-7-5-4-6-8(9)10(12)13-2/h4-7,11H,3H2,1-2H3. The van der Waals surface area contributed by atoms with Gasteiger partial charge in [0.1, 0.15) is 0 Å². The van der Waals surface area contributed by atoms with Gasteiger partial charge in [0.2, 0.25) is 0 Å². The van der Waals surface area contributed by atoms with Gasteiger partial charge in [0.05, 0.1) is 25.0 Å². The van der Waals surface area contributed by atoms with Crippen molar-refractivity contribution in [2.45, 2.75) is 6.92 Å². The van der Waals surface area contributed by atoms with Crippen molar-refractivity contribution in [3.05, 3.63) is 29.8 Å². The number of carbonyl (C=O) groups excluding carboxylic acids is 1. The van der Waals surface area contributed by atoms with Crippen LogP contribution in [0.15, 0.2) is 24.3 Å². The van der Waals surface area contributed by atoms with Gasteiger partial charge in [0, 0.05) is 0 Å².